The number of aromatic nitrogens is 1. The molecule has 1 fully saturated rings. The number of hydrogen-bond donors (Lipinski definition) is 0. The molecule has 0 amide bonds. The molecular formula is C15H22N2O3. The van der Waals surface area contributed by atoms with E-state index in [9.17, 15) is 4.79 Å². The second-order valence-electron chi connectivity index (χ2n) is 5.31. The molecule has 1 aliphatic rings. The van der Waals surface area contributed by atoms with Crippen LogP contribution in [-0.4, -0.2) is 55.6 Å². The van der Waals surface area contributed by atoms with Gasteiger partial charge < -0.3 is 14.4 Å². The van der Waals surface area contributed by atoms with Crippen molar-refractivity contribution in [3.63, 3.8) is 0 Å². The summed E-state index contributed by atoms with van der Waals surface area (Å²) in [6, 6.07) is 0. The number of morpholine rings is 1. The molecule has 0 aromatic carbocycles. The number of nitrogens with zero attached hydrogens (tertiary/aromatic N) is 2. The molecule has 5 nitrogen and oxygen atoms in total. The molecule has 0 spiro atoms. The highest BCUT2D eigenvalue weighted by molar-refractivity contribution is 5.85. The number of carbonyl (C=O) groups excluding carboxylic acids is 1. The van der Waals surface area contributed by atoms with Crippen molar-refractivity contribution >= 4 is 5.78 Å². The number of rotatable bonds is 4. The van der Waals surface area contributed by atoms with Crippen LogP contribution in [0, 0.1) is 13.8 Å². The highest BCUT2D eigenvalue weighted by Crippen LogP contribution is 2.24. The first-order valence-corrected chi connectivity index (χ1v) is 6.85. The third-order valence-electron chi connectivity index (χ3n) is 3.72. The molecular weight excluding hydrogens is 256 g/mol. The minimum Gasteiger partial charge on any atom is -0.496 e. The highest BCUT2D eigenvalue weighted by atomic mass is 16.5. The molecule has 0 aliphatic carbocycles. The van der Waals surface area contributed by atoms with Gasteiger partial charge in [-0.2, -0.15) is 0 Å². The van der Waals surface area contributed by atoms with Crippen LogP contribution in [0.25, 0.3) is 0 Å². The first-order chi connectivity index (χ1) is 9.52. The molecule has 5 heteroatoms. The Morgan fingerprint density at radius 2 is 2.30 bits per heavy atom. The van der Waals surface area contributed by atoms with E-state index < -0.39 is 0 Å². The summed E-state index contributed by atoms with van der Waals surface area (Å²) in [7, 11) is 3.64. The lowest BCUT2D eigenvalue weighted by Gasteiger charge is -2.29. The number of ether oxygens (including phenoxy) is 2. The highest BCUT2D eigenvalue weighted by Gasteiger charge is 2.25. The van der Waals surface area contributed by atoms with E-state index in [1.54, 1.807) is 13.3 Å². The summed E-state index contributed by atoms with van der Waals surface area (Å²) in [4.78, 5) is 18.8. The second kappa shape index (κ2) is 6.33. The molecule has 0 radical (unpaired) electrons. The fourth-order valence-corrected chi connectivity index (χ4v) is 2.50. The molecule has 2 rings (SSSR count). The lowest BCUT2D eigenvalue weighted by molar-refractivity contribution is -0.134. The molecule has 1 atom stereocenters. The number of pyridine rings is 1. The average Bonchev–Trinajstić information content (AvgIpc) is 2.42. The average molecular weight is 278 g/mol. The monoisotopic (exact) mass is 278 g/mol. The number of methoxy groups -OCH3 is 1. The fraction of sp³-hybridized carbons (Fsp3) is 0.600. The Balaban J connectivity index is 2.11. The first-order valence-electron chi connectivity index (χ1n) is 6.85. The van der Waals surface area contributed by atoms with E-state index in [4.69, 9.17) is 9.47 Å². The van der Waals surface area contributed by atoms with Gasteiger partial charge in [0.2, 0.25) is 0 Å². The number of ketones is 1. The van der Waals surface area contributed by atoms with Crippen molar-refractivity contribution in [3.05, 3.63) is 23.0 Å². The van der Waals surface area contributed by atoms with Gasteiger partial charge in [-0.3, -0.25) is 9.78 Å². The molecule has 110 valence electrons. The lowest BCUT2D eigenvalue weighted by atomic mass is 10.0. The second-order valence-corrected chi connectivity index (χ2v) is 5.31. The predicted molar refractivity (Wildman–Crippen MR) is 76.2 cm³/mol. The summed E-state index contributed by atoms with van der Waals surface area (Å²) in [5.41, 5.74) is 2.69. The van der Waals surface area contributed by atoms with E-state index in [0.717, 1.165) is 29.1 Å². The quantitative estimate of drug-likeness (QED) is 0.827. The SMILES string of the molecule is COc1c(C)cnc(CC(=O)C2CN(C)CCO2)c1C. The molecule has 0 bridgehead atoms. The van der Waals surface area contributed by atoms with Gasteiger partial charge in [-0.15, -0.1) is 0 Å². The Labute approximate surface area is 119 Å². The smallest absolute Gasteiger partial charge is 0.168 e. The van der Waals surface area contributed by atoms with Crippen molar-refractivity contribution in [2.24, 2.45) is 0 Å². The number of hydrogen-bond acceptors (Lipinski definition) is 5. The Hall–Kier alpha value is -1.46. The van der Waals surface area contributed by atoms with Crippen LogP contribution in [-0.2, 0) is 16.0 Å². The van der Waals surface area contributed by atoms with Gasteiger partial charge in [0.25, 0.3) is 0 Å². The first kappa shape index (κ1) is 14.9. The number of carbonyl (C=O) groups is 1. The Morgan fingerprint density at radius 1 is 1.55 bits per heavy atom. The molecule has 20 heavy (non-hydrogen) atoms. The zero-order valence-corrected chi connectivity index (χ0v) is 12.6. The summed E-state index contributed by atoms with van der Waals surface area (Å²) in [6.07, 6.45) is 1.70. The third kappa shape index (κ3) is 3.16. The summed E-state index contributed by atoms with van der Waals surface area (Å²) in [5, 5.41) is 0. The molecule has 1 aliphatic heterocycles. The Bertz CT molecular complexity index is 502. The normalized spacial score (nSPS) is 19.9. The molecule has 1 saturated heterocycles. The van der Waals surface area contributed by atoms with Crippen LogP contribution in [0.5, 0.6) is 5.75 Å². The zero-order chi connectivity index (χ0) is 14.7. The molecule has 1 aromatic heterocycles. The number of aryl methyl sites for hydroxylation is 1. The van der Waals surface area contributed by atoms with Crippen LogP contribution >= 0.6 is 0 Å². The maximum Gasteiger partial charge on any atom is 0.168 e. The largest absolute Gasteiger partial charge is 0.496 e. The topological polar surface area (TPSA) is 51.7 Å². The molecule has 2 heterocycles. The van der Waals surface area contributed by atoms with Gasteiger partial charge in [0.1, 0.15) is 11.9 Å². The van der Waals surface area contributed by atoms with Crippen molar-refractivity contribution in [3.8, 4) is 5.75 Å². The molecule has 1 unspecified atom stereocenters. The third-order valence-corrected chi connectivity index (χ3v) is 3.72. The van der Waals surface area contributed by atoms with Crippen LogP contribution in [0.2, 0.25) is 0 Å². The minimum absolute atomic E-state index is 0.0815. The summed E-state index contributed by atoms with van der Waals surface area (Å²) < 4.78 is 10.9. The minimum atomic E-state index is -0.345. The summed E-state index contributed by atoms with van der Waals surface area (Å²) in [6.45, 7) is 6.02. The molecule has 0 N–H and O–H groups in total. The van der Waals surface area contributed by atoms with E-state index in [0.29, 0.717) is 19.6 Å². The Morgan fingerprint density at radius 3 is 2.95 bits per heavy atom. The van der Waals surface area contributed by atoms with Gasteiger partial charge in [-0.05, 0) is 20.9 Å². The molecule has 1 aromatic rings. The molecule has 0 saturated carbocycles. The summed E-state index contributed by atoms with van der Waals surface area (Å²) in [5.74, 6) is 0.891. The maximum atomic E-state index is 12.3. The van der Waals surface area contributed by atoms with Gasteiger partial charge in [-0.1, -0.05) is 0 Å². The van der Waals surface area contributed by atoms with Crippen LogP contribution < -0.4 is 4.74 Å². The van der Waals surface area contributed by atoms with E-state index >= 15 is 0 Å². The Kier molecular flexibility index (Phi) is 4.73. The van der Waals surface area contributed by atoms with Crippen LogP contribution in [0.4, 0.5) is 0 Å². The van der Waals surface area contributed by atoms with Crippen molar-refractivity contribution in [2.45, 2.75) is 26.4 Å². The van der Waals surface area contributed by atoms with Gasteiger partial charge in [0, 0.05) is 30.4 Å². The predicted octanol–water partition coefficient (Wildman–Crippen LogP) is 1.15. The zero-order valence-electron chi connectivity index (χ0n) is 12.6. The van der Waals surface area contributed by atoms with Gasteiger partial charge in [0.05, 0.1) is 25.8 Å². The van der Waals surface area contributed by atoms with Crippen LogP contribution in [0.1, 0.15) is 16.8 Å². The van der Waals surface area contributed by atoms with Gasteiger partial charge in [-0.25, -0.2) is 0 Å². The standard InChI is InChI=1S/C15H22N2O3/c1-10-8-16-12(11(2)15(10)19-4)7-13(18)14-9-17(3)5-6-20-14/h8,14H,5-7,9H2,1-4H3. The van der Waals surface area contributed by atoms with Crippen LogP contribution in [0.15, 0.2) is 6.20 Å². The summed E-state index contributed by atoms with van der Waals surface area (Å²) >= 11 is 0. The number of Topliss-reactive ketones (excluding diaryl/α,β-unsaturated/α-hetero) is 1. The number of likely N-dealkylation sites (N-methyl/N-ethyl adjacent to an activating group) is 1. The lowest BCUT2D eigenvalue weighted by Crippen LogP contribution is -2.44. The van der Waals surface area contributed by atoms with Crippen LogP contribution in [0.3, 0.4) is 0 Å². The van der Waals surface area contributed by atoms with Crippen molar-refractivity contribution in [1.29, 1.82) is 0 Å². The van der Waals surface area contributed by atoms with E-state index in [2.05, 4.69) is 9.88 Å². The van der Waals surface area contributed by atoms with E-state index in [-0.39, 0.29) is 11.9 Å². The van der Waals surface area contributed by atoms with Crippen molar-refractivity contribution in [1.82, 2.24) is 9.88 Å². The van der Waals surface area contributed by atoms with Crippen molar-refractivity contribution in [2.75, 3.05) is 33.9 Å². The van der Waals surface area contributed by atoms with E-state index in [1.807, 2.05) is 20.9 Å². The maximum absolute atomic E-state index is 12.3. The van der Waals surface area contributed by atoms with Gasteiger partial charge in [0.15, 0.2) is 5.78 Å². The fourth-order valence-electron chi connectivity index (χ4n) is 2.50. The van der Waals surface area contributed by atoms with Gasteiger partial charge >= 0.3 is 0 Å². The van der Waals surface area contributed by atoms with Crippen molar-refractivity contribution < 1.29 is 14.3 Å². The van der Waals surface area contributed by atoms with E-state index in [1.165, 1.54) is 0 Å².